The van der Waals surface area contributed by atoms with E-state index in [0.29, 0.717) is 10.4 Å². The summed E-state index contributed by atoms with van der Waals surface area (Å²) in [6.45, 7) is 1.73. The van der Waals surface area contributed by atoms with Crippen molar-refractivity contribution in [2.75, 3.05) is 13.7 Å². The highest BCUT2D eigenvalue weighted by molar-refractivity contribution is 7.10. The topological polar surface area (TPSA) is 72.5 Å². The molecule has 0 saturated carbocycles. The van der Waals surface area contributed by atoms with E-state index in [-0.39, 0.29) is 6.54 Å². The monoisotopic (exact) mass is 215 g/mol. The van der Waals surface area contributed by atoms with Crippen LogP contribution in [0.4, 0.5) is 0 Å². The van der Waals surface area contributed by atoms with Gasteiger partial charge in [-0.05, 0) is 13.0 Å². The zero-order valence-electron chi connectivity index (χ0n) is 8.11. The van der Waals surface area contributed by atoms with E-state index in [1.807, 2.05) is 0 Å². The number of thiophene rings is 1. The lowest BCUT2D eigenvalue weighted by molar-refractivity contribution is 0.0599. The zero-order valence-corrected chi connectivity index (χ0v) is 8.93. The van der Waals surface area contributed by atoms with Crippen LogP contribution in [0.5, 0.6) is 0 Å². The second kappa shape index (κ2) is 4.08. The molecule has 0 radical (unpaired) electrons. The standard InChI is InChI=1S/C9H13NO3S/c1-9(12,5-10)7-3-6(4-14-7)8(11)13-2/h3-4,12H,5,10H2,1-2H3. The van der Waals surface area contributed by atoms with Crippen LogP contribution in [-0.4, -0.2) is 24.7 Å². The molecule has 3 N–H and O–H groups in total. The maximum absolute atomic E-state index is 11.1. The Morgan fingerprint density at radius 2 is 2.43 bits per heavy atom. The molecule has 0 saturated heterocycles. The van der Waals surface area contributed by atoms with Crippen molar-refractivity contribution in [2.24, 2.45) is 5.73 Å². The molecular formula is C9H13NO3S. The van der Waals surface area contributed by atoms with Crippen molar-refractivity contribution in [1.29, 1.82) is 0 Å². The Kier molecular flexibility index (Phi) is 3.25. The lowest BCUT2D eigenvalue weighted by Gasteiger charge is -2.18. The molecule has 1 atom stereocenters. The van der Waals surface area contributed by atoms with Crippen molar-refractivity contribution in [3.8, 4) is 0 Å². The third kappa shape index (κ3) is 2.12. The number of hydrogen-bond acceptors (Lipinski definition) is 5. The summed E-state index contributed by atoms with van der Waals surface area (Å²) in [4.78, 5) is 11.8. The lowest BCUT2D eigenvalue weighted by Crippen LogP contribution is -2.30. The molecule has 0 aliphatic rings. The maximum Gasteiger partial charge on any atom is 0.338 e. The Balaban J connectivity index is 2.93. The normalized spacial score (nSPS) is 14.9. The summed E-state index contributed by atoms with van der Waals surface area (Å²) in [5, 5.41) is 11.4. The minimum Gasteiger partial charge on any atom is -0.465 e. The van der Waals surface area contributed by atoms with Crippen LogP contribution in [0.2, 0.25) is 0 Å². The van der Waals surface area contributed by atoms with Crippen molar-refractivity contribution in [3.63, 3.8) is 0 Å². The molecule has 1 rings (SSSR count). The van der Waals surface area contributed by atoms with E-state index < -0.39 is 11.6 Å². The number of carbonyl (C=O) groups excluding carboxylic acids is 1. The summed E-state index contributed by atoms with van der Waals surface area (Å²) < 4.78 is 4.55. The van der Waals surface area contributed by atoms with Gasteiger partial charge in [-0.15, -0.1) is 11.3 Å². The molecule has 78 valence electrons. The van der Waals surface area contributed by atoms with E-state index in [1.165, 1.54) is 18.4 Å². The number of rotatable bonds is 3. The number of esters is 1. The number of methoxy groups -OCH3 is 1. The molecule has 0 amide bonds. The smallest absolute Gasteiger partial charge is 0.338 e. The highest BCUT2D eigenvalue weighted by atomic mass is 32.1. The molecule has 0 aromatic carbocycles. The molecule has 5 heteroatoms. The van der Waals surface area contributed by atoms with Crippen molar-refractivity contribution in [2.45, 2.75) is 12.5 Å². The number of aliphatic hydroxyl groups is 1. The first-order valence-electron chi connectivity index (χ1n) is 4.11. The number of carbonyl (C=O) groups is 1. The first-order valence-corrected chi connectivity index (χ1v) is 4.99. The Morgan fingerprint density at radius 1 is 1.79 bits per heavy atom. The molecule has 1 heterocycles. The molecule has 0 aliphatic heterocycles. The van der Waals surface area contributed by atoms with Gasteiger partial charge in [0, 0.05) is 16.8 Å². The SMILES string of the molecule is COC(=O)c1csc(C(C)(O)CN)c1. The third-order valence-electron chi connectivity index (χ3n) is 1.95. The Morgan fingerprint density at radius 3 is 2.93 bits per heavy atom. The molecule has 0 bridgehead atoms. The highest BCUT2D eigenvalue weighted by Crippen LogP contribution is 2.26. The summed E-state index contributed by atoms with van der Waals surface area (Å²) in [7, 11) is 1.32. The van der Waals surface area contributed by atoms with Gasteiger partial charge in [0.2, 0.25) is 0 Å². The minimum atomic E-state index is -1.07. The lowest BCUT2D eigenvalue weighted by atomic mass is 10.1. The summed E-state index contributed by atoms with van der Waals surface area (Å²) in [6, 6.07) is 1.60. The molecule has 1 unspecified atom stereocenters. The number of ether oxygens (including phenoxy) is 1. The quantitative estimate of drug-likeness (QED) is 0.728. The van der Waals surface area contributed by atoms with Crippen LogP contribution in [0.25, 0.3) is 0 Å². The second-order valence-electron chi connectivity index (χ2n) is 3.17. The van der Waals surface area contributed by atoms with Gasteiger partial charge >= 0.3 is 5.97 Å². The van der Waals surface area contributed by atoms with Crippen molar-refractivity contribution in [3.05, 3.63) is 21.9 Å². The second-order valence-corrected chi connectivity index (χ2v) is 4.08. The average Bonchev–Trinajstić information content (AvgIpc) is 2.66. The fourth-order valence-corrected chi connectivity index (χ4v) is 1.89. The van der Waals surface area contributed by atoms with Gasteiger partial charge in [-0.2, -0.15) is 0 Å². The van der Waals surface area contributed by atoms with E-state index in [9.17, 15) is 9.90 Å². The fraction of sp³-hybridized carbons (Fsp3) is 0.444. The van der Waals surface area contributed by atoms with Crippen LogP contribution in [0, 0.1) is 0 Å². The van der Waals surface area contributed by atoms with E-state index >= 15 is 0 Å². The molecule has 0 fully saturated rings. The highest BCUT2D eigenvalue weighted by Gasteiger charge is 2.24. The number of hydrogen-bond donors (Lipinski definition) is 2. The molecule has 1 aromatic rings. The predicted molar refractivity (Wildman–Crippen MR) is 54.3 cm³/mol. The van der Waals surface area contributed by atoms with Crippen LogP contribution < -0.4 is 5.73 Å². The summed E-state index contributed by atoms with van der Waals surface area (Å²) in [5.41, 5.74) is 4.77. The molecule has 4 nitrogen and oxygen atoms in total. The molecule has 1 aromatic heterocycles. The number of nitrogens with two attached hydrogens (primary N) is 1. The minimum absolute atomic E-state index is 0.119. The van der Waals surface area contributed by atoms with Gasteiger partial charge in [0.05, 0.1) is 12.7 Å². The molecule has 0 spiro atoms. The Bertz CT molecular complexity index is 333. The van der Waals surface area contributed by atoms with Crippen LogP contribution in [-0.2, 0) is 10.3 Å². The van der Waals surface area contributed by atoms with Gasteiger partial charge in [-0.1, -0.05) is 0 Å². The summed E-state index contributed by atoms with van der Waals surface area (Å²) in [6.07, 6.45) is 0. The van der Waals surface area contributed by atoms with Gasteiger partial charge in [0.15, 0.2) is 0 Å². The summed E-state index contributed by atoms with van der Waals surface area (Å²) in [5.74, 6) is -0.402. The molecular weight excluding hydrogens is 202 g/mol. The van der Waals surface area contributed by atoms with Gasteiger partial charge in [-0.3, -0.25) is 0 Å². The molecule has 14 heavy (non-hydrogen) atoms. The largest absolute Gasteiger partial charge is 0.465 e. The Hall–Kier alpha value is -0.910. The fourth-order valence-electron chi connectivity index (χ4n) is 0.944. The van der Waals surface area contributed by atoms with E-state index in [0.717, 1.165) is 0 Å². The Labute approximate surface area is 86.3 Å². The van der Waals surface area contributed by atoms with Gasteiger partial charge < -0.3 is 15.6 Å². The van der Waals surface area contributed by atoms with Crippen molar-refractivity contribution in [1.82, 2.24) is 0 Å². The third-order valence-corrected chi connectivity index (χ3v) is 3.13. The van der Waals surface area contributed by atoms with E-state index in [2.05, 4.69) is 4.74 Å². The van der Waals surface area contributed by atoms with Crippen LogP contribution in [0.1, 0.15) is 22.2 Å². The van der Waals surface area contributed by atoms with E-state index in [4.69, 9.17) is 5.73 Å². The average molecular weight is 215 g/mol. The van der Waals surface area contributed by atoms with Crippen LogP contribution in [0.15, 0.2) is 11.4 Å². The predicted octanol–water partition coefficient (Wildman–Crippen LogP) is 0.701. The molecule has 0 aliphatic carbocycles. The zero-order chi connectivity index (χ0) is 10.8. The van der Waals surface area contributed by atoms with Crippen molar-refractivity contribution < 1.29 is 14.6 Å². The first-order chi connectivity index (χ1) is 6.51. The van der Waals surface area contributed by atoms with E-state index in [1.54, 1.807) is 18.4 Å². The summed E-state index contributed by atoms with van der Waals surface area (Å²) >= 11 is 1.29. The van der Waals surface area contributed by atoms with Gasteiger partial charge in [-0.25, -0.2) is 4.79 Å². The van der Waals surface area contributed by atoms with Crippen LogP contribution >= 0.6 is 11.3 Å². The maximum atomic E-state index is 11.1. The first kappa shape index (κ1) is 11.2. The van der Waals surface area contributed by atoms with Crippen molar-refractivity contribution >= 4 is 17.3 Å². The van der Waals surface area contributed by atoms with Crippen LogP contribution in [0.3, 0.4) is 0 Å². The van der Waals surface area contributed by atoms with Gasteiger partial charge in [0.25, 0.3) is 0 Å². The van der Waals surface area contributed by atoms with Gasteiger partial charge in [0.1, 0.15) is 5.60 Å².